The summed E-state index contributed by atoms with van der Waals surface area (Å²) in [5.41, 5.74) is 2.64. The second-order valence-electron chi connectivity index (χ2n) is 6.01. The van der Waals surface area contributed by atoms with Crippen molar-refractivity contribution in [3.63, 3.8) is 0 Å². The van der Waals surface area contributed by atoms with Crippen molar-refractivity contribution in [2.45, 2.75) is 19.4 Å². The highest BCUT2D eigenvalue weighted by molar-refractivity contribution is 7.13. The lowest BCUT2D eigenvalue weighted by molar-refractivity contribution is -0.121. The molecule has 3 aromatic rings. The number of carbonyl (C=O) groups excluding carboxylic acids is 1. The van der Waals surface area contributed by atoms with E-state index >= 15 is 0 Å². The number of aromatic nitrogens is 1. The Morgan fingerprint density at radius 3 is 2.59 bits per heavy atom. The number of carbonyl (C=O) groups is 1. The minimum absolute atomic E-state index is 0.0971. The Hall–Kier alpha value is -2.08. The van der Waals surface area contributed by atoms with E-state index < -0.39 is 0 Å². The Bertz CT molecular complexity index is 941. The van der Waals surface area contributed by atoms with Gasteiger partial charge in [0.05, 0.1) is 35.3 Å². The van der Waals surface area contributed by atoms with Crippen LogP contribution in [0.15, 0.2) is 47.8 Å². The lowest BCUT2D eigenvalue weighted by Crippen LogP contribution is -2.28. The third-order valence-electron chi connectivity index (χ3n) is 4.05. The highest BCUT2D eigenvalue weighted by Gasteiger charge is 2.13. The Morgan fingerprint density at radius 2 is 1.93 bits per heavy atom. The van der Waals surface area contributed by atoms with Crippen LogP contribution in [0, 0.1) is 0 Å². The second-order valence-corrected chi connectivity index (χ2v) is 7.68. The van der Waals surface area contributed by atoms with Gasteiger partial charge in [0.15, 0.2) is 0 Å². The minimum atomic E-state index is -0.174. The van der Waals surface area contributed by atoms with Crippen molar-refractivity contribution < 1.29 is 9.53 Å². The van der Waals surface area contributed by atoms with Crippen molar-refractivity contribution in [2.24, 2.45) is 0 Å². The molecule has 1 amide bonds. The second kappa shape index (κ2) is 8.74. The fourth-order valence-electron chi connectivity index (χ4n) is 2.58. The average Bonchev–Trinajstić information content (AvgIpc) is 3.12. The van der Waals surface area contributed by atoms with Gasteiger partial charge in [0, 0.05) is 10.9 Å². The molecule has 0 saturated carbocycles. The van der Waals surface area contributed by atoms with E-state index in [9.17, 15) is 4.79 Å². The Kier molecular flexibility index (Phi) is 6.37. The molecule has 1 heterocycles. The first-order valence-corrected chi connectivity index (χ1v) is 9.93. The molecule has 1 atom stereocenters. The molecule has 0 saturated heterocycles. The molecule has 0 aliphatic rings. The Morgan fingerprint density at radius 1 is 1.19 bits per heavy atom. The fourth-order valence-corrected chi connectivity index (χ4v) is 3.71. The van der Waals surface area contributed by atoms with Gasteiger partial charge in [-0.25, -0.2) is 4.98 Å². The average molecular weight is 421 g/mol. The summed E-state index contributed by atoms with van der Waals surface area (Å²) in [4.78, 5) is 16.9. The summed E-state index contributed by atoms with van der Waals surface area (Å²) in [5, 5.41) is 6.71. The standard InChI is InChI=1S/C20H18Cl2N2O2S/c1-12(14-5-8-17(21)18(22)9-14)23-19(25)10-15-11-27-20(24-15)13-3-6-16(26-2)7-4-13/h3-9,11-12H,10H2,1-2H3,(H,23,25). The van der Waals surface area contributed by atoms with Crippen LogP contribution < -0.4 is 10.1 Å². The van der Waals surface area contributed by atoms with Crippen LogP contribution in [0.2, 0.25) is 10.0 Å². The molecule has 2 aromatic carbocycles. The first-order chi connectivity index (χ1) is 13.0. The van der Waals surface area contributed by atoms with Gasteiger partial charge >= 0.3 is 0 Å². The first-order valence-electron chi connectivity index (χ1n) is 8.29. The van der Waals surface area contributed by atoms with Gasteiger partial charge in [-0.1, -0.05) is 29.3 Å². The summed E-state index contributed by atoms with van der Waals surface area (Å²) < 4.78 is 5.16. The topological polar surface area (TPSA) is 51.2 Å². The minimum Gasteiger partial charge on any atom is -0.497 e. The summed E-state index contributed by atoms with van der Waals surface area (Å²) in [5.74, 6) is 0.700. The molecule has 1 unspecified atom stereocenters. The number of hydrogen-bond donors (Lipinski definition) is 1. The lowest BCUT2D eigenvalue weighted by Gasteiger charge is -2.14. The zero-order valence-corrected chi connectivity index (χ0v) is 17.2. The normalized spacial score (nSPS) is 11.9. The molecule has 0 aliphatic heterocycles. The highest BCUT2D eigenvalue weighted by Crippen LogP contribution is 2.27. The largest absolute Gasteiger partial charge is 0.497 e. The zero-order chi connectivity index (χ0) is 19.4. The van der Waals surface area contributed by atoms with Crippen LogP contribution in [0.25, 0.3) is 10.6 Å². The molecule has 0 aliphatic carbocycles. The van der Waals surface area contributed by atoms with E-state index in [4.69, 9.17) is 27.9 Å². The van der Waals surface area contributed by atoms with Gasteiger partial charge in [0.1, 0.15) is 10.8 Å². The van der Waals surface area contributed by atoms with Crippen molar-refractivity contribution >= 4 is 40.4 Å². The number of amides is 1. The molecular weight excluding hydrogens is 403 g/mol. The summed E-state index contributed by atoms with van der Waals surface area (Å²) in [6, 6.07) is 12.9. The van der Waals surface area contributed by atoms with Crippen molar-refractivity contribution in [1.29, 1.82) is 0 Å². The van der Waals surface area contributed by atoms with Gasteiger partial charge in [-0.05, 0) is 48.9 Å². The molecule has 1 aromatic heterocycles. The van der Waals surface area contributed by atoms with Crippen LogP contribution in [0.4, 0.5) is 0 Å². The number of hydrogen-bond acceptors (Lipinski definition) is 4. The maximum Gasteiger partial charge on any atom is 0.226 e. The third kappa shape index (κ3) is 5.01. The number of thiazole rings is 1. The molecule has 1 N–H and O–H groups in total. The van der Waals surface area contributed by atoms with E-state index in [1.54, 1.807) is 19.2 Å². The predicted octanol–water partition coefficient (Wildman–Crippen LogP) is 5.55. The number of halogens is 2. The van der Waals surface area contributed by atoms with Crippen molar-refractivity contribution in [1.82, 2.24) is 10.3 Å². The molecule has 0 bridgehead atoms. The number of nitrogens with zero attached hydrogens (tertiary/aromatic N) is 1. The van der Waals surface area contributed by atoms with Crippen LogP contribution in [0.1, 0.15) is 24.2 Å². The molecule has 4 nitrogen and oxygen atoms in total. The van der Waals surface area contributed by atoms with Crippen molar-refractivity contribution in [2.75, 3.05) is 7.11 Å². The number of methoxy groups -OCH3 is 1. The van der Waals surface area contributed by atoms with Gasteiger partial charge in [-0.15, -0.1) is 11.3 Å². The molecular formula is C20H18Cl2N2O2S. The maximum atomic E-state index is 12.4. The number of ether oxygens (including phenoxy) is 1. The molecule has 140 valence electrons. The van der Waals surface area contributed by atoms with Gasteiger partial charge in [-0.3, -0.25) is 4.79 Å². The van der Waals surface area contributed by atoms with Crippen LogP contribution >= 0.6 is 34.5 Å². The zero-order valence-electron chi connectivity index (χ0n) is 14.8. The summed E-state index contributed by atoms with van der Waals surface area (Å²) in [6.07, 6.45) is 0.221. The molecule has 3 rings (SSSR count). The van der Waals surface area contributed by atoms with E-state index in [0.29, 0.717) is 10.0 Å². The Labute approximate surface area is 172 Å². The molecule has 0 spiro atoms. The molecule has 0 fully saturated rings. The van der Waals surface area contributed by atoms with E-state index in [1.165, 1.54) is 11.3 Å². The van der Waals surface area contributed by atoms with Crippen LogP contribution in [0.5, 0.6) is 5.75 Å². The monoisotopic (exact) mass is 420 g/mol. The quantitative estimate of drug-likeness (QED) is 0.568. The fraction of sp³-hybridized carbons (Fsp3) is 0.200. The van der Waals surface area contributed by atoms with Crippen LogP contribution in [-0.4, -0.2) is 18.0 Å². The summed E-state index contributed by atoms with van der Waals surface area (Å²) >= 11 is 13.5. The van der Waals surface area contributed by atoms with Gasteiger partial charge in [-0.2, -0.15) is 0 Å². The van der Waals surface area contributed by atoms with Crippen LogP contribution in [-0.2, 0) is 11.2 Å². The predicted molar refractivity (Wildman–Crippen MR) is 111 cm³/mol. The maximum absolute atomic E-state index is 12.4. The van der Waals surface area contributed by atoms with E-state index in [1.807, 2.05) is 42.6 Å². The highest BCUT2D eigenvalue weighted by atomic mass is 35.5. The van der Waals surface area contributed by atoms with Gasteiger partial charge < -0.3 is 10.1 Å². The molecule has 0 radical (unpaired) electrons. The van der Waals surface area contributed by atoms with E-state index in [0.717, 1.165) is 27.6 Å². The lowest BCUT2D eigenvalue weighted by atomic mass is 10.1. The Balaban J connectivity index is 1.62. The molecule has 27 heavy (non-hydrogen) atoms. The van der Waals surface area contributed by atoms with Gasteiger partial charge in [0.2, 0.25) is 5.91 Å². The van der Waals surface area contributed by atoms with Gasteiger partial charge in [0.25, 0.3) is 0 Å². The summed E-state index contributed by atoms with van der Waals surface area (Å²) in [7, 11) is 1.63. The third-order valence-corrected chi connectivity index (χ3v) is 5.73. The first kappa shape index (κ1) is 19.7. The number of nitrogens with one attached hydrogen (secondary N) is 1. The van der Waals surface area contributed by atoms with Crippen LogP contribution in [0.3, 0.4) is 0 Å². The summed E-state index contributed by atoms with van der Waals surface area (Å²) in [6.45, 7) is 1.90. The smallest absolute Gasteiger partial charge is 0.226 e. The molecule has 7 heteroatoms. The SMILES string of the molecule is COc1ccc(-c2nc(CC(=O)NC(C)c3ccc(Cl)c(Cl)c3)cs2)cc1. The van der Waals surface area contributed by atoms with E-state index in [-0.39, 0.29) is 18.4 Å². The number of benzene rings is 2. The van der Waals surface area contributed by atoms with E-state index in [2.05, 4.69) is 10.3 Å². The van der Waals surface area contributed by atoms with Crippen molar-refractivity contribution in [3.8, 4) is 16.3 Å². The van der Waals surface area contributed by atoms with Crippen molar-refractivity contribution in [3.05, 3.63) is 69.1 Å². The number of rotatable bonds is 6.